The fourth-order valence-corrected chi connectivity index (χ4v) is 3.21. The van der Waals surface area contributed by atoms with E-state index in [9.17, 15) is 4.79 Å². The van der Waals surface area contributed by atoms with E-state index >= 15 is 0 Å². The van der Waals surface area contributed by atoms with Crippen molar-refractivity contribution in [2.24, 2.45) is 0 Å². The standard InChI is InChI=1S/C18H16ClN3OS/c19-15-8-4-5-9-16(15)22-18(23)20-11-10-14-12-24-17(21-14)13-6-2-1-3-7-13/h1-9,12H,10-11H2,(H2,20,22,23). The van der Waals surface area contributed by atoms with Crippen molar-refractivity contribution in [3.8, 4) is 10.6 Å². The molecule has 0 aliphatic rings. The second kappa shape index (κ2) is 7.95. The van der Waals surface area contributed by atoms with Gasteiger partial charge in [-0.1, -0.05) is 54.1 Å². The van der Waals surface area contributed by atoms with Gasteiger partial charge in [0.25, 0.3) is 0 Å². The van der Waals surface area contributed by atoms with E-state index in [2.05, 4.69) is 15.6 Å². The van der Waals surface area contributed by atoms with E-state index in [1.807, 2.05) is 47.8 Å². The zero-order valence-electron chi connectivity index (χ0n) is 12.8. The predicted molar refractivity (Wildman–Crippen MR) is 99.7 cm³/mol. The lowest BCUT2D eigenvalue weighted by Gasteiger charge is -2.08. The Morgan fingerprint density at radius 2 is 1.83 bits per heavy atom. The molecule has 0 saturated carbocycles. The third-order valence-electron chi connectivity index (χ3n) is 3.36. The number of carbonyl (C=O) groups excluding carboxylic acids is 1. The van der Waals surface area contributed by atoms with Crippen molar-refractivity contribution in [3.05, 3.63) is 70.7 Å². The number of aromatic nitrogens is 1. The molecule has 1 aromatic heterocycles. The molecule has 0 fully saturated rings. The Kier molecular flexibility index (Phi) is 5.46. The minimum Gasteiger partial charge on any atom is -0.337 e. The predicted octanol–water partition coefficient (Wildman–Crippen LogP) is 4.83. The minimum absolute atomic E-state index is 0.276. The summed E-state index contributed by atoms with van der Waals surface area (Å²) in [5.74, 6) is 0. The average molecular weight is 358 g/mol. The fourth-order valence-electron chi connectivity index (χ4n) is 2.17. The number of rotatable bonds is 5. The SMILES string of the molecule is O=C(NCCc1csc(-c2ccccc2)n1)Nc1ccccc1Cl. The molecule has 0 bridgehead atoms. The van der Waals surface area contributed by atoms with Gasteiger partial charge >= 0.3 is 6.03 Å². The third kappa shape index (κ3) is 4.34. The van der Waals surface area contributed by atoms with Crippen molar-refractivity contribution in [3.63, 3.8) is 0 Å². The Morgan fingerprint density at radius 3 is 2.62 bits per heavy atom. The van der Waals surface area contributed by atoms with Crippen LogP contribution in [0.5, 0.6) is 0 Å². The van der Waals surface area contributed by atoms with Crippen LogP contribution >= 0.6 is 22.9 Å². The van der Waals surface area contributed by atoms with Crippen molar-refractivity contribution in [1.82, 2.24) is 10.3 Å². The summed E-state index contributed by atoms with van der Waals surface area (Å²) in [6, 6.07) is 16.9. The number of nitrogens with zero attached hydrogens (tertiary/aromatic N) is 1. The molecule has 0 unspecified atom stereocenters. The molecule has 0 aliphatic heterocycles. The molecule has 4 nitrogen and oxygen atoms in total. The molecule has 1 heterocycles. The van der Waals surface area contributed by atoms with E-state index in [1.54, 1.807) is 23.5 Å². The molecule has 0 radical (unpaired) electrons. The van der Waals surface area contributed by atoms with E-state index in [-0.39, 0.29) is 6.03 Å². The molecular formula is C18H16ClN3OS. The molecule has 0 spiro atoms. The second-order valence-electron chi connectivity index (χ2n) is 5.12. The van der Waals surface area contributed by atoms with Crippen LogP contribution in [0.1, 0.15) is 5.69 Å². The van der Waals surface area contributed by atoms with Gasteiger partial charge in [-0.15, -0.1) is 11.3 Å². The van der Waals surface area contributed by atoms with Gasteiger partial charge in [-0.2, -0.15) is 0 Å². The lowest BCUT2D eigenvalue weighted by molar-refractivity contribution is 0.252. The molecule has 6 heteroatoms. The Morgan fingerprint density at radius 1 is 1.08 bits per heavy atom. The lowest BCUT2D eigenvalue weighted by atomic mass is 10.2. The molecule has 3 aromatic rings. The maximum absolute atomic E-state index is 11.9. The van der Waals surface area contributed by atoms with Crippen LogP contribution in [0.25, 0.3) is 10.6 Å². The highest BCUT2D eigenvalue weighted by Gasteiger charge is 2.06. The van der Waals surface area contributed by atoms with E-state index < -0.39 is 0 Å². The number of benzene rings is 2. The summed E-state index contributed by atoms with van der Waals surface area (Å²) in [5, 5.41) is 9.07. The molecular weight excluding hydrogens is 342 g/mol. The molecule has 0 saturated heterocycles. The highest BCUT2D eigenvalue weighted by Crippen LogP contribution is 2.23. The van der Waals surface area contributed by atoms with Gasteiger partial charge in [0.1, 0.15) is 5.01 Å². The maximum atomic E-state index is 11.9. The van der Waals surface area contributed by atoms with Gasteiger partial charge in [0.2, 0.25) is 0 Å². The molecule has 24 heavy (non-hydrogen) atoms. The summed E-state index contributed by atoms with van der Waals surface area (Å²) >= 11 is 7.62. The number of hydrogen-bond donors (Lipinski definition) is 2. The van der Waals surface area contributed by atoms with Gasteiger partial charge in [-0.3, -0.25) is 0 Å². The first kappa shape index (κ1) is 16.5. The van der Waals surface area contributed by atoms with Crippen LogP contribution in [0.3, 0.4) is 0 Å². The van der Waals surface area contributed by atoms with Crippen LogP contribution in [-0.4, -0.2) is 17.6 Å². The average Bonchev–Trinajstić information content (AvgIpc) is 3.07. The first-order valence-electron chi connectivity index (χ1n) is 7.51. The van der Waals surface area contributed by atoms with E-state index in [0.717, 1.165) is 16.3 Å². The van der Waals surface area contributed by atoms with Crippen molar-refractivity contribution in [2.45, 2.75) is 6.42 Å². The highest BCUT2D eigenvalue weighted by atomic mass is 35.5. The molecule has 3 rings (SSSR count). The van der Waals surface area contributed by atoms with Crippen LogP contribution in [0.4, 0.5) is 10.5 Å². The van der Waals surface area contributed by atoms with Crippen LogP contribution < -0.4 is 10.6 Å². The number of anilines is 1. The fraction of sp³-hybridized carbons (Fsp3) is 0.111. The van der Waals surface area contributed by atoms with Gasteiger partial charge in [-0.05, 0) is 12.1 Å². The highest BCUT2D eigenvalue weighted by molar-refractivity contribution is 7.13. The zero-order chi connectivity index (χ0) is 16.8. The monoisotopic (exact) mass is 357 g/mol. The van der Waals surface area contributed by atoms with E-state index in [0.29, 0.717) is 23.7 Å². The maximum Gasteiger partial charge on any atom is 0.319 e. The van der Waals surface area contributed by atoms with Gasteiger partial charge in [0.05, 0.1) is 16.4 Å². The number of halogens is 1. The van der Waals surface area contributed by atoms with Crippen molar-refractivity contribution < 1.29 is 4.79 Å². The normalized spacial score (nSPS) is 10.4. The molecule has 122 valence electrons. The van der Waals surface area contributed by atoms with Gasteiger partial charge < -0.3 is 10.6 Å². The first-order valence-corrected chi connectivity index (χ1v) is 8.77. The zero-order valence-corrected chi connectivity index (χ0v) is 14.4. The third-order valence-corrected chi connectivity index (χ3v) is 4.63. The molecule has 2 N–H and O–H groups in total. The first-order chi connectivity index (χ1) is 11.7. The molecule has 0 atom stereocenters. The van der Waals surface area contributed by atoms with E-state index in [4.69, 9.17) is 11.6 Å². The number of para-hydroxylation sites is 1. The number of nitrogens with one attached hydrogen (secondary N) is 2. The Balaban J connectivity index is 1.49. The van der Waals surface area contributed by atoms with E-state index in [1.165, 1.54) is 0 Å². The van der Waals surface area contributed by atoms with Crippen molar-refractivity contribution >= 4 is 34.7 Å². The van der Waals surface area contributed by atoms with Crippen LogP contribution in [0, 0.1) is 0 Å². The Bertz CT molecular complexity index is 820. The Labute approximate surface area is 149 Å². The molecule has 2 aromatic carbocycles. The van der Waals surface area contributed by atoms with Gasteiger partial charge in [0, 0.05) is 23.9 Å². The number of urea groups is 1. The van der Waals surface area contributed by atoms with Crippen LogP contribution in [-0.2, 0) is 6.42 Å². The number of amides is 2. The van der Waals surface area contributed by atoms with Crippen LogP contribution in [0.2, 0.25) is 5.02 Å². The summed E-state index contributed by atoms with van der Waals surface area (Å²) < 4.78 is 0. The summed E-state index contributed by atoms with van der Waals surface area (Å²) in [5.41, 5.74) is 2.67. The largest absolute Gasteiger partial charge is 0.337 e. The number of thiazole rings is 1. The summed E-state index contributed by atoms with van der Waals surface area (Å²) in [7, 11) is 0. The van der Waals surface area contributed by atoms with Crippen molar-refractivity contribution in [2.75, 3.05) is 11.9 Å². The lowest BCUT2D eigenvalue weighted by Crippen LogP contribution is -2.30. The molecule has 0 aliphatic carbocycles. The summed E-state index contributed by atoms with van der Waals surface area (Å²) in [4.78, 5) is 16.5. The van der Waals surface area contributed by atoms with Gasteiger partial charge in [-0.25, -0.2) is 9.78 Å². The minimum atomic E-state index is -0.276. The smallest absolute Gasteiger partial charge is 0.319 e. The topological polar surface area (TPSA) is 54.0 Å². The quantitative estimate of drug-likeness (QED) is 0.687. The summed E-state index contributed by atoms with van der Waals surface area (Å²) in [6.07, 6.45) is 0.680. The second-order valence-corrected chi connectivity index (χ2v) is 6.39. The number of carbonyl (C=O) groups is 1. The van der Waals surface area contributed by atoms with Gasteiger partial charge in [0.15, 0.2) is 0 Å². The number of hydrogen-bond acceptors (Lipinski definition) is 3. The molecule has 2 amide bonds. The van der Waals surface area contributed by atoms with Crippen LogP contribution in [0.15, 0.2) is 60.0 Å². The summed E-state index contributed by atoms with van der Waals surface area (Å²) in [6.45, 7) is 0.508. The Hall–Kier alpha value is -2.37. The van der Waals surface area contributed by atoms with Crippen molar-refractivity contribution in [1.29, 1.82) is 0 Å².